The van der Waals surface area contributed by atoms with Crippen molar-refractivity contribution in [3.63, 3.8) is 0 Å². The summed E-state index contributed by atoms with van der Waals surface area (Å²) in [5, 5.41) is 3.43. The topological polar surface area (TPSA) is 18.5 Å². The molecule has 0 heterocycles. The van der Waals surface area contributed by atoms with Crippen LogP contribution in [0.3, 0.4) is 0 Å². The number of likely N-dealkylation sites (N-methyl/N-ethyl adjacent to an activating group) is 2. The Kier molecular flexibility index (Phi) is 9.06. The number of nitrogens with one attached hydrogen (secondary N) is 1. The molecule has 15 heavy (non-hydrogen) atoms. The summed E-state index contributed by atoms with van der Waals surface area (Å²) in [6.07, 6.45) is 2.48. The number of nitrogens with zero attached hydrogens (tertiary/aromatic N) is 2. The fourth-order valence-electron chi connectivity index (χ4n) is 1.74. The standard InChI is InChI=1S/C12H29N3/c1-6-12(11-13-7-2)15(5)10-8-9-14(3)4/h12-13H,6-11H2,1-5H3. The molecule has 0 aromatic heterocycles. The van der Waals surface area contributed by atoms with E-state index < -0.39 is 0 Å². The van der Waals surface area contributed by atoms with Crippen LogP contribution in [0.2, 0.25) is 0 Å². The van der Waals surface area contributed by atoms with Gasteiger partial charge in [-0.2, -0.15) is 0 Å². The SMILES string of the molecule is CCNCC(CC)N(C)CCCN(C)C. The molecule has 3 nitrogen and oxygen atoms in total. The summed E-state index contributed by atoms with van der Waals surface area (Å²) in [4.78, 5) is 4.73. The second-order valence-corrected chi connectivity index (χ2v) is 4.51. The fraction of sp³-hybridized carbons (Fsp3) is 1.00. The molecule has 0 saturated heterocycles. The summed E-state index contributed by atoms with van der Waals surface area (Å²) in [5.74, 6) is 0. The van der Waals surface area contributed by atoms with Gasteiger partial charge in [0.2, 0.25) is 0 Å². The van der Waals surface area contributed by atoms with Crippen molar-refractivity contribution in [1.82, 2.24) is 15.1 Å². The lowest BCUT2D eigenvalue weighted by Gasteiger charge is -2.27. The number of rotatable bonds is 9. The van der Waals surface area contributed by atoms with Crippen LogP contribution in [0.4, 0.5) is 0 Å². The van der Waals surface area contributed by atoms with Crippen molar-refractivity contribution in [3.8, 4) is 0 Å². The second kappa shape index (κ2) is 9.13. The van der Waals surface area contributed by atoms with E-state index in [0.717, 1.165) is 13.1 Å². The zero-order valence-corrected chi connectivity index (χ0v) is 11.2. The van der Waals surface area contributed by atoms with Gasteiger partial charge in [0.05, 0.1) is 0 Å². The maximum absolute atomic E-state index is 3.43. The molecule has 0 saturated carbocycles. The number of hydrogen-bond acceptors (Lipinski definition) is 3. The highest BCUT2D eigenvalue weighted by atomic mass is 15.2. The van der Waals surface area contributed by atoms with E-state index in [0.29, 0.717) is 6.04 Å². The minimum Gasteiger partial charge on any atom is -0.315 e. The molecule has 0 rings (SSSR count). The third kappa shape index (κ3) is 7.77. The monoisotopic (exact) mass is 215 g/mol. The highest BCUT2D eigenvalue weighted by Crippen LogP contribution is 2.01. The highest BCUT2D eigenvalue weighted by Gasteiger charge is 2.11. The Bertz CT molecular complexity index is 137. The number of hydrogen-bond donors (Lipinski definition) is 1. The van der Waals surface area contributed by atoms with E-state index in [1.54, 1.807) is 0 Å². The summed E-state index contributed by atoms with van der Waals surface area (Å²) >= 11 is 0. The van der Waals surface area contributed by atoms with Crippen LogP contribution in [0.15, 0.2) is 0 Å². The maximum atomic E-state index is 3.43. The second-order valence-electron chi connectivity index (χ2n) is 4.51. The minimum absolute atomic E-state index is 0.687. The van der Waals surface area contributed by atoms with Crippen LogP contribution in [0.5, 0.6) is 0 Å². The van der Waals surface area contributed by atoms with Crippen molar-refractivity contribution in [3.05, 3.63) is 0 Å². The Morgan fingerprint density at radius 3 is 2.20 bits per heavy atom. The third-order valence-electron chi connectivity index (χ3n) is 2.84. The lowest BCUT2D eigenvalue weighted by Crippen LogP contribution is -2.40. The van der Waals surface area contributed by atoms with Crippen LogP contribution in [0.1, 0.15) is 26.7 Å². The van der Waals surface area contributed by atoms with Crippen LogP contribution >= 0.6 is 0 Å². The van der Waals surface area contributed by atoms with Crippen LogP contribution in [-0.4, -0.2) is 63.2 Å². The van der Waals surface area contributed by atoms with Crippen molar-refractivity contribution in [2.75, 3.05) is 47.3 Å². The van der Waals surface area contributed by atoms with Crippen LogP contribution in [0.25, 0.3) is 0 Å². The van der Waals surface area contributed by atoms with Gasteiger partial charge in [-0.25, -0.2) is 0 Å². The molecular formula is C12H29N3. The first kappa shape index (κ1) is 14.9. The zero-order valence-electron chi connectivity index (χ0n) is 11.2. The highest BCUT2D eigenvalue weighted by molar-refractivity contribution is 4.69. The van der Waals surface area contributed by atoms with E-state index in [2.05, 4.69) is 50.1 Å². The van der Waals surface area contributed by atoms with Gasteiger partial charge in [-0.1, -0.05) is 13.8 Å². The quantitative estimate of drug-likeness (QED) is 0.625. The summed E-state index contributed by atoms with van der Waals surface area (Å²) in [6, 6.07) is 0.687. The van der Waals surface area contributed by atoms with Crippen molar-refractivity contribution in [2.24, 2.45) is 0 Å². The van der Waals surface area contributed by atoms with Gasteiger partial charge in [-0.3, -0.25) is 0 Å². The van der Waals surface area contributed by atoms with Gasteiger partial charge >= 0.3 is 0 Å². The average Bonchev–Trinajstić information content (AvgIpc) is 2.18. The van der Waals surface area contributed by atoms with E-state index in [9.17, 15) is 0 Å². The first-order valence-corrected chi connectivity index (χ1v) is 6.17. The van der Waals surface area contributed by atoms with Crippen molar-refractivity contribution in [2.45, 2.75) is 32.7 Å². The van der Waals surface area contributed by atoms with Gasteiger partial charge in [0.15, 0.2) is 0 Å². The molecule has 0 fully saturated rings. The molecule has 3 heteroatoms. The van der Waals surface area contributed by atoms with Crippen molar-refractivity contribution < 1.29 is 0 Å². The summed E-state index contributed by atoms with van der Waals surface area (Å²) in [5.41, 5.74) is 0. The Hall–Kier alpha value is -0.120. The van der Waals surface area contributed by atoms with Crippen molar-refractivity contribution in [1.29, 1.82) is 0 Å². The van der Waals surface area contributed by atoms with Gasteiger partial charge in [0, 0.05) is 12.6 Å². The van der Waals surface area contributed by atoms with Crippen LogP contribution < -0.4 is 5.32 Å². The molecule has 0 aromatic rings. The molecule has 0 aliphatic rings. The fourth-order valence-corrected chi connectivity index (χ4v) is 1.74. The Morgan fingerprint density at radius 2 is 1.73 bits per heavy atom. The normalized spacial score (nSPS) is 13.8. The largest absolute Gasteiger partial charge is 0.315 e. The predicted octanol–water partition coefficient (Wildman–Crippen LogP) is 1.26. The molecule has 0 radical (unpaired) electrons. The first-order chi connectivity index (χ1) is 7.11. The van der Waals surface area contributed by atoms with Gasteiger partial charge in [-0.05, 0) is 53.6 Å². The van der Waals surface area contributed by atoms with Gasteiger partial charge in [0.1, 0.15) is 0 Å². The molecule has 0 bridgehead atoms. The third-order valence-corrected chi connectivity index (χ3v) is 2.84. The van der Waals surface area contributed by atoms with Crippen molar-refractivity contribution >= 4 is 0 Å². The summed E-state index contributed by atoms with van der Waals surface area (Å²) < 4.78 is 0. The average molecular weight is 215 g/mol. The Morgan fingerprint density at radius 1 is 1.07 bits per heavy atom. The molecule has 92 valence electrons. The minimum atomic E-state index is 0.687. The van der Waals surface area contributed by atoms with E-state index in [1.165, 1.54) is 25.9 Å². The molecular weight excluding hydrogens is 186 g/mol. The maximum Gasteiger partial charge on any atom is 0.0214 e. The zero-order chi connectivity index (χ0) is 11.7. The van der Waals surface area contributed by atoms with Crippen LogP contribution in [-0.2, 0) is 0 Å². The Labute approximate surface area is 95.8 Å². The van der Waals surface area contributed by atoms with Gasteiger partial charge in [-0.15, -0.1) is 0 Å². The van der Waals surface area contributed by atoms with Gasteiger partial charge in [0.25, 0.3) is 0 Å². The Balaban J connectivity index is 3.67. The predicted molar refractivity (Wildman–Crippen MR) is 68.4 cm³/mol. The summed E-state index contributed by atoms with van der Waals surface area (Å²) in [6.45, 7) is 9.00. The molecule has 0 spiro atoms. The molecule has 0 aliphatic carbocycles. The lowest BCUT2D eigenvalue weighted by molar-refractivity contribution is 0.218. The lowest BCUT2D eigenvalue weighted by atomic mass is 10.2. The summed E-state index contributed by atoms with van der Waals surface area (Å²) in [7, 11) is 6.51. The van der Waals surface area contributed by atoms with E-state index >= 15 is 0 Å². The molecule has 0 aliphatic heterocycles. The van der Waals surface area contributed by atoms with Crippen LogP contribution in [0, 0.1) is 0 Å². The first-order valence-electron chi connectivity index (χ1n) is 6.17. The van der Waals surface area contributed by atoms with Gasteiger partial charge < -0.3 is 15.1 Å². The smallest absolute Gasteiger partial charge is 0.0214 e. The molecule has 0 amide bonds. The van der Waals surface area contributed by atoms with E-state index in [1.807, 2.05) is 0 Å². The van der Waals surface area contributed by atoms with E-state index in [-0.39, 0.29) is 0 Å². The molecule has 0 aromatic carbocycles. The molecule has 1 N–H and O–H groups in total. The molecule has 1 atom stereocenters. The molecule has 1 unspecified atom stereocenters. The van der Waals surface area contributed by atoms with E-state index in [4.69, 9.17) is 0 Å².